The first kappa shape index (κ1) is 14.5. The molecule has 2 heterocycles. The zero-order valence-corrected chi connectivity index (χ0v) is 14.0. The van der Waals surface area contributed by atoms with Crippen LogP contribution in [0.4, 0.5) is 0 Å². The first-order valence-corrected chi connectivity index (χ1v) is 9.40. The molecule has 3 rings (SSSR count). The van der Waals surface area contributed by atoms with E-state index in [1.54, 1.807) is 11.8 Å². The van der Waals surface area contributed by atoms with E-state index in [0.29, 0.717) is 11.9 Å². The highest BCUT2D eigenvalue weighted by Crippen LogP contribution is 2.38. The molecule has 2 aliphatic rings. The number of thioether (sulfide) groups is 1. The van der Waals surface area contributed by atoms with Crippen molar-refractivity contribution in [2.75, 3.05) is 11.9 Å². The minimum Gasteiger partial charge on any atom is -0.339 e. The predicted molar refractivity (Wildman–Crippen MR) is 87.6 cm³/mol. The van der Waals surface area contributed by atoms with Gasteiger partial charge in [-0.1, -0.05) is 34.1 Å². The Hall–Kier alpha value is -0.480. The fraction of sp³-hybridized carbons (Fsp3) is 0.562. The van der Waals surface area contributed by atoms with Crippen LogP contribution in [-0.2, 0) is 11.2 Å². The van der Waals surface area contributed by atoms with Crippen LogP contribution in [0, 0.1) is 0 Å². The van der Waals surface area contributed by atoms with Gasteiger partial charge >= 0.3 is 0 Å². The molecule has 1 amide bonds. The highest BCUT2D eigenvalue weighted by molar-refractivity contribution is 9.09. The van der Waals surface area contributed by atoms with Crippen LogP contribution >= 0.6 is 27.7 Å². The summed E-state index contributed by atoms with van der Waals surface area (Å²) in [7, 11) is 0. The molecule has 1 aromatic carbocycles. The number of benzene rings is 1. The van der Waals surface area contributed by atoms with Crippen molar-refractivity contribution in [2.45, 2.75) is 48.3 Å². The van der Waals surface area contributed by atoms with Gasteiger partial charge in [0.25, 0.3) is 0 Å². The van der Waals surface area contributed by atoms with Crippen LogP contribution in [0.25, 0.3) is 0 Å². The second kappa shape index (κ2) is 6.52. The van der Waals surface area contributed by atoms with Crippen LogP contribution in [-0.4, -0.2) is 34.0 Å². The standard InChI is InChI=1S/C16H20BrNOS/c17-9-3-6-13-7-4-10-18(13)16(19)15-11-12-5-1-2-8-14(12)20-15/h1-2,5,8,13,15H,3-4,6-7,9-11H2. The minimum absolute atomic E-state index is 0.108. The average molecular weight is 354 g/mol. The molecule has 0 spiro atoms. The molecular weight excluding hydrogens is 334 g/mol. The second-order valence-corrected chi connectivity index (χ2v) is 7.61. The monoisotopic (exact) mass is 353 g/mol. The average Bonchev–Trinajstić information content (AvgIpc) is 3.10. The van der Waals surface area contributed by atoms with Gasteiger partial charge in [-0.25, -0.2) is 0 Å². The van der Waals surface area contributed by atoms with E-state index in [1.807, 2.05) is 0 Å². The van der Waals surface area contributed by atoms with Crippen LogP contribution < -0.4 is 0 Å². The number of halogens is 1. The Balaban J connectivity index is 1.65. The van der Waals surface area contributed by atoms with Gasteiger partial charge in [0.2, 0.25) is 5.91 Å². The van der Waals surface area contributed by atoms with Gasteiger partial charge in [0, 0.05) is 22.8 Å². The zero-order valence-electron chi connectivity index (χ0n) is 11.6. The Morgan fingerprint density at radius 1 is 1.40 bits per heavy atom. The third kappa shape index (κ3) is 2.91. The molecule has 1 saturated heterocycles. The second-order valence-electron chi connectivity index (χ2n) is 5.58. The largest absolute Gasteiger partial charge is 0.339 e. The highest BCUT2D eigenvalue weighted by atomic mass is 79.9. The molecule has 4 heteroatoms. The summed E-state index contributed by atoms with van der Waals surface area (Å²) in [6.45, 7) is 0.958. The van der Waals surface area contributed by atoms with Gasteiger partial charge in [-0.3, -0.25) is 4.79 Å². The van der Waals surface area contributed by atoms with Crippen molar-refractivity contribution < 1.29 is 4.79 Å². The van der Waals surface area contributed by atoms with Gasteiger partial charge in [0.05, 0.1) is 5.25 Å². The maximum absolute atomic E-state index is 12.8. The van der Waals surface area contributed by atoms with E-state index in [-0.39, 0.29) is 5.25 Å². The third-order valence-corrected chi connectivity index (χ3v) is 6.12. The number of carbonyl (C=O) groups excluding carboxylic acids is 1. The summed E-state index contributed by atoms with van der Waals surface area (Å²) in [6.07, 6.45) is 5.56. The van der Waals surface area contributed by atoms with Crippen LogP contribution in [0.2, 0.25) is 0 Å². The molecule has 0 saturated carbocycles. The summed E-state index contributed by atoms with van der Waals surface area (Å²) in [4.78, 5) is 16.2. The van der Waals surface area contributed by atoms with Gasteiger partial charge < -0.3 is 4.90 Å². The Morgan fingerprint density at radius 3 is 3.05 bits per heavy atom. The van der Waals surface area contributed by atoms with Crippen LogP contribution in [0.1, 0.15) is 31.2 Å². The van der Waals surface area contributed by atoms with E-state index in [1.165, 1.54) is 23.3 Å². The lowest BCUT2D eigenvalue weighted by atomic mass is 10.1. The van der Waals surface area contributed by atoms with Gasteiger partial charge in [-0.05, 0) is 43.7 Å². The maximum Gasteiger partial charge on any atom is 0.236 e. The molecule has 0 radical (unpaired) electrons. The first-order chi connectivity index (χ1) is 9.79. The van der Waals surface area contributed by atoms with Crippen LogP contribution in [0.5, 0.6) is 0 Å². The lowest BCUT2D eigenvalue weighted by Crippen LogP contribution is -2.41. The summed E-state index contributed by atoms with van der Waals surface area (Å²) in [6, 6.07) is 8.90. The number of alkyl halides is 1. The van der Waals surface area contributed by atoms with Crippen molar-refractivity contribution in [1.29, 1.82) is 0 Å². The van der Waals surface area contributed by atoms with Crippen molar-refractivity contribution in [3.05, 3.63) is 29.8 Å². The molecule has 2 nitrogen and oxygen atoms in total. The Morgan fingerprint density at radius 2 is 2.25 bits per heavy atom. The van der Waals surface area contributed by atoms with Crippen LogP contribution in [0.15, 0.2) is 29.2 Å². The smallest absolute Gasteiger partial charge is 0.236 e. The Kier molecular flexibility index (Phi) is 4.72. The van der Waals surface area contributed by atoms with E-state index in [9.17, 15) is 4.79 Å². The Labute approximate surface area is 133 Å². The number of nitrogens with zero attached hydrogens (tertiary/aromatic N) is 1. The number of rotatable bonds is 4. The van der Waals surface area contributed by atoms with Gasteiger partial charge in [0.1, 0.15) is 0 Å². The third-order valence-electron chi connectivity index (χ3n) is 4.25. The van der Waals surface area contributed by atoms with Crippen molar-refractivity contribution in [3.8, 4) is 0 Å². The lowest BCUT2D eigenvalue weighted by molar-refractivity contribution is -0.131. The highest BCUT2D eigenvalue weighted by Gasteiger charge is 2.36. The molecule has 0 aromatic heterocycles. The minimum atomic E-state index is 0.108. The van der Waals surface area contributed by atoms with E-state index in [0.717, 1.165) is 31.1 Å². The molecule has 2 unspecified atom stereocenters. The molecule has 0 bridgehead atoms. The molecule has 2 aliphatic heterocycles. The fourth-order valence-electron chi connectivity index (χ4n) is 3.24. The topological polar surface area (TPSA) is 20.3 Å². The van der Waals surface area contributed by atoms with Crippen molar-refractivity contribution in [1.82, 2.24) is 4.90 Å². The van der Waals surface area contributed by atoms with E-state index in [2.05, 4.69) is 45.1 Å². The molecule has 108 valence electrons. The molecular formula is C16H20BrNOS. The summed E-state index contributed by atoms with van der Waals surface area (Å²) >= 11 is 5.25. The molecule has 2 atom stereocenters. The van der Waals surface area contributed by atoms with Gasteiger partial charge in [-0.2, -0.15) is 0 Å². The number of fused-ring (bicyclic) bond motifs is 1. The fourth-order valence-corrected chi connectivity index (χ4v) is 4.83. The quantitative estimate of drug-likeness (QED) is 0.765. The molecule has 1 fully saturated rings. The lowest BCUT2D eigenvalue weighted by Gasteiger charge is -2.27. The van der Waals surface area contributed by atoms with Crippen LogP contribution in [0.3, 0.4) is 0 Å². The normalized spacial score (nSPS) is 24.9. The van der Waals surface area contributed by atoms with Gasteiger partial charge in [-0.15, -0.1) is 11.8 Å². The molecule has 20 heavy (non-hydrogen) atoms. The summed E-state index contributed by atoms with van der Waals surface area (Å²) in [5.41, 5.74) is 1.34. The zero-order chi connectivity index (χ0) is 13.9. The molecule has 0 aliphatic carbocycles. The van der Waals surface area contributed by atoms with E-state index >= 15 is 0 Å². The molecule has 1 aromatic rings. The SMILES string of the molecule is O=C(C1Cc2ccccc2S1)N1CCCC1CCCBr. The number of likely N-dealkylation sites (tertiary alicyclic amines) is 1. The van der Waals surface area contributed by atoms with E-state index in [4.69, 9.17) is 0 Å². The van der Waals surface area contributed by atoms with Crippen molar-refractivity contribution in [2.24, 2.45) is 0 Å². The van der Waals surface area contributed by atoms with Gasteiger partial charge in [0.15, 0.2) is 0 Å². The number of carbonyl (C=O) groups is 1. The Bertz CT molecular complexity index is 468. The van der Waals surface area contributed by atoms with Crippen molar-refractivity contribution in [3.63, 3.8) is 0 Å². The molecule has 0 N–H and O–H groups in total. The maximum atomic E-state index is 12.8. The summed E-state index contributed by atoms with van der Waals surface area (Å²) < 4.78 is 0. The van der Waals surface area contributed by atoms with E-state index < -0.39 is 0 Å². The van der Waals surface area contributed by atoms with Crippen molar-refractivity contribution >= 4 is 33.6 Å². The first-order valence-electron chi connectivity index (χ1n) is 7.40. The number of amides is 1. The number of hydrogen-bond acceptors (Lipinski definition) is 2. The summed E-state index contributed by atoms with van der Waals surface area (Å²) in [5, 5.41) is 1.15. The predicted octanol–water partition coefficient (Wildman–Crippen LogP) is 3.87. The number of hydrogen-bond donors (Lipinski definition) is 0. The summed E-state index contributed by atoms with van der Waals surface area (Å²) in [5.74, 6) is 0.364.